The van der Waals surface area contributed by atoms with Gasteiger partial charge in [0, 0.05) is 29.8 Å². The molecule has 0 bridgehead atoms. The highest BCUT2D eigenvalue weighted by Crippen LogP contribution is 2.16. The van der Waals surface area contributed by atoms with Gasteiger partial charge >= 0.3 is 0 Å². The monoisotopic (exact) mass is 395 g/mol. The van der Waals surface area contributed by atoms with Gasteiger partial charge in [0.15, 0.2) is 5.82 Å². The first-order valence-electron chi connectivity index (χ1n) is 12.1. The minimum atomic E-state index is 0.784. The van der Waals surface area contributed by atoms with Gasteiger partial charge in [0.1, 0.15) is 0 Å². The zero-order valence-corrected chi connectivity index (χ0v) is 18.8. The first-order chi connectivity index (χ1) is 14.3. The number of aryl methyl sites for hydroxylation is 2. The quantitative estimate of drug-likeness (QED) is 0.273. The van der Waals surface area contributed by atoms with Crippen LogP contribution in [0.2, 0.25) is 0 Å². The van der Waals surface area contributed by atoms with E-state index in [0.717, 1.165) is 24.2 Å². The maximum absolute atomic E-state index is 4.62. The second kappa shape index (κ2) is 15.1. The third-order valence-corrected chi connectivity index (χ3v) is 5.64. The smallest absolute Gasteiger partial charge is 0.160 e. The zero-order chi connectivity index (χ0) is 20.6. The standard InChI is InChI=1S/C26H41N3/c1-3-5-7-9-11-12-14-16-23-20-28-26(29-21-23)24-18-19-25(27-22-24)17-15-13-10-8-6-4-2/h18-22H,3-17H2,1-2H3. The molecule has 160 valence electrons. The Balaban J connectivity index is 1.68. The summed E-state index contributed by atoms with van der Waals surface area (Å²) in [5, 5.41) is 0. The second-order valence-electron chi connectivity index (χ2n) is 8.34. The van der Waals surface area contributed by atoms with Crippen molar-refractivity contribution >= 4 is 0 Å². The fourth-order valence-corrected chi connectivity index (χ4v) is 3.71. The molecule has 0 saturated heterocycles. The molecule has 3 heteroatoms. The summed E-state index contributed by atoms with van der Waals surface area (Å²) in [5.41, 5.74) is 3.44. The molecule has 2 aromatic rings. The summed E-state index contributed by atoms with van der Waals surface area (Å²) in [7, 11) is 0. The molecule has 0 amide bonds. The normalized spacial score (nSPS) is 11.1. The van der Waals surface area contributed by atoms with Crippen molar-refractivity contribution in [2.24, 2.45) is 0 Å². The van der Waals surface area contributed by atoms with E-state index in [4.69, 9.17) is 0 Å². The summed E-state index contributed by atoms with van der Waals surface area (Å²) < 4.78 is 0. The summed E-state index contributed by atoms with van der Waals surface area (Å²) in [5.74, 6) is 0.784. The maximum Gasteiger partial charge on any atom is 0.160 e. The van der Waals surface area contributed by atoms with Gasteiger partial charge in [0.25, 0.3) is 0 Å². The second-order valence-corrected chi connectivity index (χ2v) is 8.34. The predicted octanol–water partition coefficient (Wildman–Crippen LogP) is 7.73. The highest BCUT2D eigenvalue weighted by Gasteiger charge is 2.04. The molecular weight excluding hydrogens is 354 g/mol. The van der Waals surface area contributed by atoms with E-state index < -0.39 is 0 Å². The lowest BCUT2D eigenvalue weighted by Gasteiger charge is -2.05. The molecule has 2 rings (SSSR count). The van der Waals surface area contributed by atoms with E-state index in [1.165, 1.54) is 94.7 Å². The molecule has 0 saturated carbocycles. The Bertz CT molecular complexity index is 634. The lowest BCUT2D eigenvalue weighted by Crippen LogP contribution is -1.95. The summed E-state index contributed by atoms with van der Waals surface area (Å²) in [4.78, 5) is 13.8. The molecule has 0 aliphatic carbocycles. The van der Waals surface area contributed by atoms with Gasteiger partial charge in [0.05, 0.1) is 0 Å². The number of hydrogen-bond donors (Lipinski definition) is 0. The number of hydrogen-bond acceptors (Lipinski definition) is 3. The Morgan fingerprint density at radius 2 is 1.10 bits per heavy atom. The Morgan fingerprint density at radius 3 is 1.66 bits per heavy atom. The van der Waals surface area contributed by atoms with Crippen LogP contribution < -0.4 is 0 Å². The molecule has 2 aromatic heterocycles. The first kappa shape index (κ1) is 23.5. The average Bonchev–Trinajstić information content (AvgIpc) is 2.76. The van der Waals surface area contributed by atoms with E-state index in [0.29, 0.717) is 0 Å². The Labute approximate surface area is 178 Å². The Hall–Kier alpha value is -1.77. The minimum Gasteiger partial charge on any atom is -0.261 e. The lowest BCUT2D eigenvalue weighted by molar-refractivity contribution is 0.589. The van der Waals surface area contributed by atoms with Crippen LogP contribution in [-0.2, 0) is 12.8 Å². The highest BCUT2D eigenvalue weighted by molar-refractivity contribution is 5.53. The van der Waals surface area contributed by atoms with Gasteiger partial charge in [0.2, 0.25) is 0 Å². The molecule has 0 fully saturated rings. The van der Waals surface area contributed by atoms with Crippen LogP contribution in [0.1, 0.15) is 109 Å². The van der Waals surface area contributed by atoms with E-state index in [-0.39, 0.29) is 0 Å². The Kier molecular flexibility index (Phi) is 12.3. The fraction of sp³-hybridized carbons (Fsp3) is 0.654. The van der Waals surface area contributed by atoms with E-state index in [9.17, 15) is 0 Å². The van der Waals surface area contributed by atoms with Crippen molar-refractivity contribution in [3.63, 3.8) is 0 Å². The fourth-order valence-electron chi connectivity index (χ4n) is 3.71. The van der Waals surface area contributed by atoms with Gasteiger partial charge in [-0.2, -0.15) is 0 Å². The third-order valence-electron chi connectivity index (χ3n) is 5.64. The topological polar surface area (TPSA) is 38.7 Å². The summed E-state index contributed by atoms with van der Waals surface area (Å²) >= 11 is 0. The number of nitrogens with zero attached hydrogens (tertiary/aromatic N) is 3. The maximum atomic E-state index is 4.62. The zero-order valence-electron chi connectivity index (χ0n) is 18.8. The van der Waals surface area contributed by atoms with Gasteiger partial charge in [-0.1, -0.05) is 84.5 Å². The highest BCUT2D eigenvalue weighted by atomic mass is 14.9. The van der Waals surface area contributed by atoms with E-state index in [2.05, 4.69) is 40.9 Å². The largest absolute Gasteiger partial charge is 0.261 e. The van der Waals surface area contributed by atoms with Crippen LogP contribution in [0.15, 0.2) is 30.7 Å². The number of pyridine rings is 1. The van der Waals surface area contributed by atoms with Crippen molar-refractivity contribution in [2.75, 3.05) is 0 Å². The molecule has 0 aliphatic rings. The summed E-state index contributed by atoms with van der Waals surface area (Å²) in [6.45, 7) is 4.53. The Morgan fingerprint density at radius 1 is 0.552 bits per heavy atom. The number of rotatable bonds is 16. The van der Waals surface area contributed by atoms with Crippen molar-refractivity contribution < 1.29 is 0 Å². The van der Waals surface area contributed by atoms with Crippen LogP contribution in [0.5, 0.6) is 0 Å². The minimum absolute atomic E-state index is 0.784. The van der Waals surface area contributed by atoms with Gasteiger partial charge in [-0.25, -0.2) is 9.97 Å². The van der Waals surface area contributed by atoms with Gasteiger partial charge in [-0.3, -0.25) is 4.98 Å². The van der Waals surface area contributed by atoms with E-state index in [1.807, 2.05) is 18.6 Å². The van der Waals surface area contributed by atoms with Crippen LogP contribution >= 0.6 is 0 Å². The van der Waals surface area contributed by atoms with Crippen molar-refractivity contribution in [3.05, 3.63) is 42.0 Å². The predicted molar refractivity (Wildman–Crippen MR) is 124 cm³/mol. The molecule has 0 aromatic carbocycles. The molecule has 0 aliphatic heterocycles. The van der Waals surface area contributed by atoms with Gasteiger partial charge in [-0.15, -0.1) is 0 Å². The lowest BCUT2D eigenvalue weighted by atomic mass is 10.1. The molecule has 0 radical (unpaired) electrons. The van der Waals surface area contributed by atoms with Crippen molar-refractivity contribution in [3.8, 4) is 11.4 Å². The van der Waals surface area contributed by atoms with Gasteiger partial charge in [-0.05, 0) is 43.4 Å². The number of unbranched alkanes of at least 4 members (excludes halogenated alkanes) is 11. The van der Waals surface area contributed by atoms with Crippen molar-refractivity contribution in [1.82, 2.24) is 15.0 Å². The number of aromatic nitrogens is 3. The molecule has 0 unspecified atom stereocenters. The first-order valence-corrected chi connectivity index (χ1v) is 12.1. The van der Waals surface area contributed by atoms with Crippen LogP contribution in [0.4, 0.5) is 0 Å². The van der Waals surface area contributed by atoms with E-state index >= 15 is 0 Å². The molecule has 29 heavy (non-hydrogen) atoms. The van der Waals surface area contributed by atoms with Crippen LogP contribution in [0, 0.1) is 0 Å². The molecule has 2 heterocycles. The molecule has 0 N–H and O–H groups in total. The molecule has 0 spiro atoms. The van der Waals surface area contributed by atoms with Crippen molar-refractivity contribution in [2.45, 2.75) is 110 Å². The SMILES string of the molecule is CCCCCCCCCc1cnc(-c2ccc(CCCCCCCC)nc2)nc1. The average molecular weight is 396 g/mol. The van der Waals surface area contributed by atoms with Crippen LogP contribution in [-0.4, -0.2) is 15.0 Å². The van der Waals surface area contributed by atoms with Crippen LogP contribution in [0.25, 0.3) is 11.4 Å². The molecule has 3 nitrogen and oxygen atoms in total. The van der Waals surface area contributed by atoms with Gasteiger partial charge < -0.3 is 0 Å². The summed E-state index contributed by atoms with van der Waals surface area (Å²) in [6, 6.07) is 4.25. The van der Waals surface area contributed by atoms with E-state index in [1.54, 1.807) is 0 Å². The van der Waals surface area contributed by atoms with Crippen molar-refractivity contribution in [1.29, 1.82) is 0 Å². The molecule has 0 atom stereocenters. The molecular formula is C26H41N3. The summed E-state index contributed by atoms with van der Waals surface area (Å²) in [6.07, 6.45) is 25.4. The third kappa shape index (κ3) is 10.0. The van der Waals surface area contributed by atoms with Crippen LogP contribution in [0.3, 0.4) is 0 Å².